The van der Waals surface area contributed by atoms with E-state index in [9.17, 15) is 34.2 Å². The molecular weight excluding hydrogens is 887 g/mol. The predicted molar refractivity (Wildman–Crippen MR) is 256 cm³/mol. The molecule has 1 aliphatic carbocycles. The lowest BCUT2D eigenvalue weighted by Gasteiger charge is -2.42. The highest BCUT2D eigenvalue weighted by molar-refractivity contribution is 6.39. The van der Waals surface area contributed by atoms with Crippen LogP contribution >= 0.6 is 0 Å². The number of piperidine rings is 1. The van der Waals surface area contributed by atoms with E-state index in [0.717, 1.165) is 18.4 Å². The van der Waals surface area contributed by atoms with Crippen LogP contribution in [0.5, 0.6) is 0 Å². The van der Waals surface area contributed by atoms with Crippen LogP contribution in [0.1, 0.15) is 132 Å². The number of tetrazole rings is 1. The number of ketones is 3. The summed E-state index contributed by atoms with van der Waals surface area (Å²) in [4.78, 5) is 73.9. The molecule has 3 fully saturated rings. The van der Waals surface area contributed by atoms with Gasteiger partial charge in [-0.15, -0.1) is 10.2 Å². The molecular formula is C52H79N5O12. The van der Waals surface area contributed by atoms with Gasteiger partial charge in [-0.3, -0.25) is 19.2 Å². The van der Waals surface area contributed by atoms with Crippen molar-refractivity contribution in [2.24, 2.45) is 35.5 Å². The number of cyclic esters (lactones) is 1. The largest absolute Gasteiger partial charge is 0.460 e. The molecule has 5 rings (SSSR count). The van der Waals surface area contributed by atoms with Crippen LogP contribution in [0.4, 0.5) is 0 Å². The normalized spacial score (nSPS) is 38.8. The number of carbonyl (C=O) groups excluding carboxylic acids is 5. The fourth-order valence-corrected chi connectivity index (χ4v) is 10.7. The lowest BCUT2D eigenvalue weighted by Crippen LogP contribution is -2.61. The van der Waals surface area contributed by atoms with Crippen molar-refractivity contribution in [3.05, 3.63) is 53.9 Å². The maximum absolute atomic E-state index is 14.5. The number of aliphatic hydroxyl groups is 2. The molecule has 17 heteroatoms. The molecule has 2 saturated heterocycles. The van der Waals surface area contributed by atoms with E-state index in [1.165, 1.54) is 18.3 Å². The Morgan fingerprint density at radius 1 is 0.884 bits per heavy atom. The van der Waals surface area contributed by atoms with Gasteiger partial charge in [0.15, 0.2) is 12.1 Å². The summed E-state index contributed by atoms with van der Waals surface area (Å²) in [5.74, 6) is -7.94. The van der Waals surface area contributed by atoms with Crippen LogP contribution in [0.25, 0.3) is 0 Å². The fraction of sp³-hybridized carbons (Fsp3) is 0.731. The summed E-state index contributed by atoms with van der Waals surface area (Å²) >= 11 is 0. The number of amides is 1. The molecule has 2 bridgehead atoms. The molecule has 1 aromatic heterocycles. The number of allylic oxidation sites excluding steroid dienone is 6. The zero-order chi connectivity index (χ0) is 50.6. The lowest BCUT2D eigenvalue weighted by molar-refractivity contribution is -0.265. The van der Waals surface area contributed by atoms with Crippen LogP contribution < -0.4 is 0 Å². The second-order valence-electron chi connectivity index (χ2n) is 20.3. The average molecular weight is 966 g/mol. The molecule has 1 saturated carbocycles. The molecule has 0 radical (unpaired) electrons. The molecule has 69 heavy (non-hydrogen) atoms. The van der Waals surface area contributed by atoms with E-state index in [-0.39, 0.29) is 60.9 Å². The maximum Gasteiger partial charge on any atom is 0.329 e. The summed E-state index contributed by atoms with van der Waals surface area (Å²) in [6.07, 6.45) is 13.7. The van der Waals surface area contributed by atoms with Crippen molar-refractivity contribution in [3.8, 4) is 0 Å². The van der Waals surface area contributed by atoms with Crippen molar-refractivity contribution in [2.45, 2.75) is 180 Å². The average Bonchev–Trinajstić information content (AvgIpc) is 3.88. The number of carbonyl (C=O) groups is 5. The number of hydrogen-bond acceptors (Lipinski definition) is 15. The highest BCUT2D eigenvalue weighted by atomic mass is 16.6. The van der Waals surface area contributed by atoms with Gasteiger partial charge in [0, 0.05) is 58.5 Å². The molecule has 2 N–H and O–H groups in total. The van der Waals surface area contributed by atoms with E-state index in [1.54, 1.807) is 45.9 Å². The van der Waals surface area contributed by atoms with Crippen molar-refractivity contribution in [1.29, 1.82) is 0 Å². The molecule has 4 aliphatic rings. The number of Topliss-reactive ketones (excluding diaryl/α,β-unsaturated/α-hetero) is 3. The van der Waals surface area contributed by atoms with E-state index >= 15 is 0 Å². The number of ether oxygens (including phenoxy) is 5. The number of rotatable bonds is 7. The van der Waals surface area contributed by atoms with E-state index in [2.05, 4.69) is 15.4 Å². The summed E-state index contributed by atoms with van der Waals surface area (Å²) < 4.78 is 29.9. The first-order valence-corrected chi connectivity index (χ1v) is 25.0. The van der Waals surface area contributed by atoms with Gasteiger partial charge in [0.1, 0.15) is 30.1 Å². The van der Waals surface area contributed by atoms with Crippen LogP contribution in [0.15, 0.2) is 53.9 Å². The molecule has 17 nitrogen and oxygen atoms in total. The lowest BCUT2D eigenvalue weighted by atomic mass is 9.77. The number of aliphatic hydroxyl groups excluding tert-OH is 1. The van der Waals surface area contributed by atoms with Gasteiger partial charge in [-0.1, -0.05) is 71.1 Å². The molecule has 0 aromatic carbocycles. The van der Waals surface area contributed by atoms with Crippen molar-refractivity contribution in [3.63, 3.8) is 0 Å². The van der Waals surface area contributed by atoms with Gasteiger partial charge in [-0.25, -0.2) is 4.79 Å². The Kier molecular flexibility index (Phi) is 20.8. The van der Waals surface area contributed by atoms with Gasteiger partial charge in [0.25, 0.3) is 11.7 Å². The number of esters is 1. The number of aromatic nitrogens is 4. The van der Waals surface area contributed by atoms with Crippen molar-refractivity contribution in [2.75, 3.05) is 27.9 Å². The van der Waals surface area contributed by atoms with Crippen LogP contribution in [-0.2, 0) is 47.7 Å². The highest BCUT2D eigenvalue weighted by Crippen LogP contribution is 2.39. The van der Waals surface area contributed by atoms with E-state index in [1.807, 2.05) is 58.1 Å². The highest BCUT2D eigenvalue weighted by Gasteiger charge is 2.53. The molecule has 1 aromatic rings. The smallest absolute Gasteiger partial charge is 0.329 e. The molecule has 0 spiro atoms. The van der Waals surface area contributed by atoms with Gasteiger partial charge >= 0.3 is 5.97 Å². The first-order valence-electron chi connectivity index (χ1n) is 25.0. The molecule has 3 aliphatic heterocycles. The summed E-state index contributed by atoms with van der Waals surface area (Å²) in [6, 6.07) is -1.24. The Labute approximate surface area is 408 Å². The van der Waals surface area contributed by atoms with Crippen molar-refractivity contribution in [1.82, 2.24) is 25.1 Å². The Bertz CT molecular complexity index is 2020. The third-order valence-electron chi connectivity index (χ3n) is 15.1. The van der Waals surface area contributed by atoms with E-state index in [0.29, 0.717) is 56.9 Å². The van der Waals surface area contributed by atoms with Crippen LogP contribution in [0.3, 0.4) is 0 Å². The second-order valence-corrected chi connectivity index (χ2v) is 20.3. The van der Waals surface area contributed by atoms with Crippen molar-refractivity contribution < 1.29 is 57.9 Å². The van der Waals surface area contributed by atoms with Gasteiger partial charge < -0.3 is 38.8 Å². The Morgan fingerprint density at radius 3 is 2.32 bits per heavy atom. The first-order chi connectivity index (χ1) is 32.8. The SMILES string of the molecule is COC1C(=O)C(C)C[C@H](C)/C=C/C=C/C=C(\C)[C@@H](OC)C[C@@H]2CC[C@@H](C)[C@@](O)(O2)C(=O)C(=O)N2CCCC[C@H]2C(=O)O[C@H](C(C)CC2CC[C@H](n3ncnn3)C(OC)C2)CC(=O)C(C)/C=C(\C)[C@H]1O. The van der Waals surface area contributed by atoms with E-state index in [4.69, 9.17) is 23.7 Å². The number of hydrogen-bond donors (Lipinski definition) is 2. The molecule has 1 amide bonds. The summed E-state index contributed by atoms with van der Waals surface area (Å²) in [5, 5.41) is 35.7. The van der Waals surface area contributed by atoms with Gasteiger partial charge in [-0.2, -0.15) is 4.80 Å². The van der Waals surface area contributed by atoms with Gasteiger partial charge in [0.2, 0.25) is 5.79 Å². The summed E-state index contributed by atoms with van der Waals surface area (Å²) in [6.45, 7) is 12.8. The first kappa shape index (κ1) is 55.7. The monoisotopic (exact) mass is 966 g/mol. The Morgan fingerprint density at radius 2 is 1.64 bits per heavy atom. The van der Waals surface area contributed by atoms with E-state index < -0.39 is 77.8 Å². The zero-order valence-corrected chi connectivity index (χ0v) is 42.5. The molecule has 384 valence electrons. The minimum atomic E-state index is -2.43. The third-order valence-corrected chi connectivity index (χ3v) is 15.1. The minimum Gasteiger partial charge on any atom is -0.460 e. The maximum atomic E-state index is 14.5. The molecule has 4 heterocycles. The van der Waals surface area contributed by atoms with Gasteiger partial charge in [0.05, 0.1) is 24.4 Å². The van der Waals surface area contributed by atoms with Crippen LogP contribution in [-0.4, -0.2) is 141 Å². The molecule has 6 unspecified atom stereocenters. The Balaban J connectivity index is 1.46. The predicted octanol–water partition coefficient (Wildman–Crippen LogP) is 6.05. The third kappa shape index (κ3) is 14.2. The second kappa shape index (κ2) is 25.7. The number of fused-ring (bicyclic) bond motifs is 3. The summed E-state index contributed by atoms with van der Waals surface area (Å²) in [7, 11) is 4.61. The summed E-state index contributed by atoms with van der Waals surface area (Å²) in [5.41, 5.74) is 1.27. The standard InChI is InChI=1S/C52H79N5O12/c1-31-16-12-11-13-17-32(2)43(65-8)28-39-21-19-37(7)52(64,69-39)49(61)50(62)56-23-15-14-18-41(56)51(63)68-44(34(4)26-38-20-22-40(45(27-38)66-9)57-54-30-53-55-57)29-42(58)33(3)25-36(6)47(60)48(67-10)46(59)35(5)24-31/h11-13,16-17,25,30-31,33-35,37-41,43-45,47-48,60,64H,14-15,18-24,26-29H2,1-10H3/b13-11+,16-12+,32-17+,36-25+/t31-,33?,34?,35?,37-,38?,39+,40+,41+,43+,44+,45?,47-,48?,52-/m1/s1. The Hall–Kier alpha value is -4.26. The number of methoxy groups -OCH3 is 3. The zero-order valence-electron chi connectivity index (χ0n) is 42.5. The van der Waals surface area contributed by atoms with Gasteiger partial charge in [-0.05, 0) is 112 Å². The molecule has 15 atom stereocenters. The van der Waals surface area contributed by atoms with Crippen LogP contribution in [0.2, 0.25) is 0 Å². The number of nitrogens with zero attached hydrogens (tertiary/aromatic N) is 5. The topological polar surface area (TPSA) is 219 Å². The minimum absolute atomic E-state index is 0.0168. The van der Waals surface area contributed by atoms with Crippen LogP contribution in [0, 0.1) is 35.5 Å². The van der Waals surface area contributed by atoms with Crippen molar-refractivity contribution >= 4 is 29.2 Å². The fourth-order valence-electron chi connectivity index (χ4n) is 10.7. The quantitative estimate of drug-likeness (QED) is 0.181.